The first-order valence-electron chi connectivity index (χ1n) is 8.22. The lowest BCUT2D eigenvalue weighted by Gasteiger charge is -2.08. The predicted molar refractivity (Wildman–Crippen MR) is 98.0 cm³/mol. The van der Waals surface area contributed by atoms with Crippen molar-refractivity contribution in [2.75, 3.05) is 5.32 Å². The van der Waals surface area contributed by atoms with Crippen molar-refractivity contribution in [2.45, 2.75) is 13.5 Å². The number of fused-ring (bicyclic) bond motifs is 1. The van der Waals surface area contributed by atoms with Gasteiger partial charge in [0.25, 0.3) is 0 Å². The first-order chi connectivity index (χ1) is 12.6. The number of aromatic nitrogens is 5. The summed E-state index contributed by atoms with van der Waals surface area (Å²) in [6, 6.07) is 12.1. The second kappa shape index (κ2) is 6.51. The molecule has 3 aromatic heterocycles. The molecule has 6 nitrogen and oxygen atoms in total. The molecule has 0 unspecified atom stereocenters. The molecule has 0 fully saturated rings. The number of halogens is 1. The summed E-state index contributed by atoms with van der Waals surface area (Å²) in [5.74, 6) is 1.87. The first kappa shape index (κ1) is 16.1. The summed E-state index contributed by atoms with van der Waals surface area (Å²) < 4.78 is 15.3. The number of rotatable bonds is 4. The van der Waals surface area contributed by atoms with Gasteiger partial charge in [0.2, 0.25) is 0 Å². The van der Waals surface area contributed by atoms with Gasteiger partial charge in [-0.2, -0.15) is 0 Å². The van der Waals surface area contributed by atoms with Gasteiger partial charge >= 0.3 is 0 Å². The van der Waals surface area contributed by atoms with Gasteiger partial charge in [0.15, 0.2) is 0 Å². The molecule has 4 rings (SSSR count). The van der Waals surface area contributed by atoms with Crippen molar-refractivity contribution < 1.29 is 4.39 Å². The van der Waals surface area contributed by atoms with Crippen LogP contribution >= 0.6 is 0 Å². The van der Waals surface area contributed by atoms with E-state index in [4.69, 9.17) is 0 Å². The van der Waals surface area contributed by atoms with Gasteiger partial charge in [0.05, 0.1) is 29.0 Å². The van der Waals surface area contributed by atoms with E-state index in [1.165, 1.54) is 12.1 Å². The highest BCUT2D eigenvalue weighted by Gasteiger charge is 2.10. The summed E-state index contributed by atoms with van der Waals surface area (Å²) in [6.45, 7) is 2.31. The molecular weight excluding hydrogens is 331 g/mol. The van der Waals surface area contributed by atoms with Crippen LogP contribution in [0.4, 0.5) is 10.2 Å². The average Bonchev–Trinajstić information content (AvgIpc) is 2.96. The van der Waals surface area contributed by atoms with E-state index in [1.54, 1.807) is 12.3 Å². The molecule has 0 bridgehead atoms. The molecule has 0 aliphatic heterocycles. The second-order valence-electron chi connectivity index (χ2n) is 5.97. The Morgan fingerprint density at radius 2 is 1.92 bits per heavy atom. The van der Waals surface area contributed by atoms with Crippen molar-refractivity contribution in [1.29, 1.82) is 0 Å². The number of nitrogens with one attached hydrogen (secondary N) is 1. The van der Waals surface area contributed by atoms with Gasteiger partial charge in [0, 0.05) is 19.3 Å². The molecule has 7 heteroatoms. The maximum atomic E-state index is 13.4. The van der Waals surface area contributed by atoms with E-state index in [0.29, 0.717) is 18.2 Å². The molecule has 0 aliphatic rings. The Kier molecular flexibility index (Phi) is 4.04. The van der Waals surface area contributed by atoms with E-state index in [0.717, 1.165) is 28.2 Å². The lowest BCUT2D eigenvalue weighted by molar-refractivity contribution is 0.628. The summed E-state index contributed by atoms with van der Waals surface area (Å²) in [5.41, 5.74) is 3.07. The average molecular weight is 348 g/mol. The van der Waals surface area contributed by atoms with E-state index in [1.807, 2.05) is 42.8 Å². The van der Waals surface area contributed by atoms with Crippen molar-refractivity contribution in [2.24, 2.45) is 7.05 Å². The summed E-state index contributed by atoms with van der Waals surface area (Å²) in [7, 11) is 1.87. The van der Waals surface area contributed by atoms with Crippen molar-refractivity contribution in [3.8, 4) is 11.4 Å². The van der Waals surface area contributed by atoms with Crippen LogP contribution in [0, 0.1) is 12.7 Å². The van der Waals surface area contributed by atoms with E-state index in [-0.39, 0.29) is 5.82 Å². The molecule has 1 N–H and O–H groups in total. The predicted octanol–water partition coefficient (Wildman–Crippen LogP) is 3.48. The molecule has 0 amide bonds. The van der Waals surface area contributed by atoms with Gasteiger partial charge in [0.1, 0.15) is 23.3 Å². The molecule has 4 aromatic rings. The monoisotopic (exact) mass is 348 g/mol. The number of hydrogen-bond acceptors (Lipinski definition) is 5. The molecular formula is C19H17FN6. The molecule has 0 radical (unpaired) electrons. The van der Waals surface area contributed by atoms with Crippen LogP contribution in [0.15, 0.2) is 48.7 Å². The lowest BCUT2D eigenvalue weighted by atomic mass is 10.2. The first-order valence-corrected chi connectivity index (χ1v) is 8.22. The van der Waals surface area contributed by atoms with Crippen LogP contribution < -0.4 is 5.32 Å². The lowest BCUT2D eigenvalue weighted by Crippen LogP contribution is -2.08. The Morgan fingerprint density at radius 3 is 2.73 bits per heavy atom. The van der Waals surface area contributed by atoms with Crippen LogP contribution in [0.2, 0.25) is 0 Å². The van der Waals surface area contributed by atoms with Gasteiger partial charge in [-0.3, -0.25) is 4.98 Å². The van der Waals surface area contributed by atoms with Crippen molar-refractivity contribution in [3.05, 3.63) is 66.1 Å². The standard InChI is InChI=1S/C19H17FN6/c1-12-23-16(14-5-3-4-8-21-14)10-18(24-12)22-11-19-25-15-7-6-13(20)9-17(15)26(19)2/h3-10H,11H2,1-2H3,(H,22,23,24). The second-order valence-corrected chi connectivity index (χ2v) is 5.97. The highest BCUT2D eigenvalue weighted by atomic mass is 19.1. The van der Waals surface area contributed by atoms with Gasteiger partial charge in [-0.1, -0.05) is 6.07 Å². The normalized spacial score (nSPS) is 11.0. The minimum absolute atomic E-state index is 0.272. The van der Waals surface area contributed by atoms with Gasteiger partial charge in [-0.05, 0) is 37.3 Å². The van der Waals surface area contributed by atoms with Crippen LogP contribution in [0.25, 0.3) is 22.4 Å². The molecule has 1 aromatic carbocycles. The maximum Gasteiger partial charge on any atom is 0.130 e. The molecule has 26 heavy (non-hydrogen) atoms. The smallest absolute Gasteiger partial charge is 0.130 e. The van der Waals surface area contributed by atoms with E-state index < -0.39 is 0 Å². The fraction of sp³-hybridized carbons (Fsp3) is 0.158. The van der Waals surface area contributed by atoms with Crippen LogP contribution in [-0.2, 0) is 13.6 Å². The Balaban J connectivity index is 1.60. The van der Waals surface area contributed by atoms with E-state index in [2.05, 4.69) is 25.3 Å². The highest BCUT2D eigenvalue weighted by Crippen LogP contribution is 2.19. The third-order valence-electron chi connectivity index (χ3n) is 4.13. The topological polar surface area (TPSA) is 68.5 Å². The van der Waals surface area contributed by atoms with Crippen LogP contribution in [0.1, 0.15) is 11.6 Å². The summed E-state index contributed by atoms with van der Waals surface area (Å²) in [6.07, 6.45) is 1.73. The molecule has 0 spiro atoms. The zero-order chi connectivity index (χ0) is 18.1. The molecule has 3 heterocycles. The molecule has 0 saturated heterocycles. The molecule has 0 saturated carbocycles. The van der Waals surface area contributed by atoms with Crippen LogP contribution in [-0.4, -0.2) is 24.5 Å². The fourth-order valence-corrected chi connectivity index (χ4v) is 2.84. The third kappa shape index (κ3) is 3.11. The quantitative estimate of drug-likeness (QED) is 0.611. The van der Waals surface area contributed by atoms with Crippen LogP contribution in [0.3, 0.4) is 0 Å². The zero-order valence-corrected chi connectivity index (χ0v) is 14.4. The number of anilines is 1. The summed E-state index contributed by atoms with van der Waals surface area (Å²) >= 11 is 0. The van der Waals surface area contributed by atoms with Crippen LogP contribution in [0.5, 0.6) is 0 Å². The minimum Gasteiger partial charge on any atom is -0.363 e. The zero-order valence-electron chi connectivity index (χ0n) is 14.4. The number of hydrogen-bond donors (Lipinski definition) is 1. The van der Waals surface area contributed by atoms with Gasteiger partial charge in [-0.15, -0.1) is 0 Å². The van der Waals surface area contributed by atoms with Crippen molar-refractivity contribution in [1.82, 2.24) is 24.5 Å². The Morgan fingerprint density at radius 1 is 1.04 bits per heavy atom. The number of benzene rings is 1. The summed E-state index contributed by atoms with van der Waals surface area (Å²) in [4.78, 5) is 17.8. The Labute approximate surface area is 149 Å². The number of aryl methyl sites for hydroxylation is 2. The number of imidazole rings is 1. The van der Waals surface area contributed by atoms with Crippen molar-refractivity contribution >= 4 is 16.9 Å². The molecule has 130 valence electrons. The highest BCUT2D eigenvalue weighted by molar-refractivity contribution is 5.76. The summed E-state index contributed by atoms with van der Waals surface area (Å²) in [5, 5.41) is 3.27. The number of nitrogens with zero attached hydrogens (tertiary/aromatic N) is 5. The Bertz CT molecular complexity index is 1070. The maximum absolute atomic E-state index is 13.4. The largest absolute Gasteiger partial charge is 0.363 e. The molecule has 0 aliphatic carbocycles. The van der Waals surface area contributed by atoms with E-state index >= 15 is 0 Å². The van der Waals surface area contributed by atoms with E-state index in [9.17, 15) is 4.39 Å². The molecule has 0 atom stereocenters. The third-order valence-corrected chi connectivity index (χ3v) is 4.13. The van der Waals surface area contributed by atoms with Gasteiger partial charge in [-0.25, -0.2) is 19.3 Å². The SMILES string of the molecule is Cc1nc(NCc2nc3ccc(F)cc3n2C)cc(-c2ccccn2)n1. The van der Waals surface area contributed by atoms with Gasteiger partial charge < -0.3 is 9.88 Å². The fourth-order valence-electron chi connectivity index (χ4n) is 2.84. The number of pyridine rings is 1. The van der Waals surface area contributed by atoms with Crippen molar-refractivity contribution in [3.63, 3.8) is 0 Å². The minimum atomic E-state index is -0.272. The Hall–Kier alpha value is -3.35.